The summed E-state index contributed by atoms with van der Waals surface area (Å²) in [7, 11) is 0. The van der Waals surface area contributed by atoms with Crippen LogP contribution in [0.5, 0.6) is 23.0 Å². The molecule has 0 unspecified atom stereocenters. The number of nitro groups is 2. The molecule has 1 amide bonds. The number of anilines is 1. The van der Waals surface area contributed by atoms with E-state index in [4.69, 9.17) is 14.2 Å². The van der Waals surface area contributed by atoms with E-state index in [1.807, 2.05) is 0 Å². The van der Waals surface area contributed by atoms with Crippen molar-refractivity contribution >= 4 is 29.2 Å². The van der Waals surface area contributed by atoms with Crippen molar-refractivity contribution in [1.29, 1.82) is 0 Å². The summed E-state index contributed by atoms with van der Waals surface area (Å²) in [6.07, 6.45) is 1.41. The summed E-state index contributed by atoms with van der Waals surface area (Å²) in [5.41, 5.74) is 2.77. The van der Waals surface area contributed by atoms with Gasteiger partial charge >= 0.3 is 5.69 Å². The van der Waals surface area contributed by atoms with E-state index in [1.165, 1.54) is 24.4 Å². The maximum absolute atomic E-state index is 12.0. The zero-order chi connectivity index (χ0) is 24.8. The minimum Gasteiger partial charge on any atom is -0.454 e. The number of rotatable bonds is 9. The zero-order valence-electron chi connectivity index (χ0n) is 17.9. The van der Waals surface area contributed by atoms with Crippen LogP contribution in [0.2, 0.25) is 0 Å². The number of ether oxygens (including phenoxy) is 3. The Kier molecular flexibility index (Phi) is 6.67. The van der Waals surface area contributed by atoms with Crippen LogP contribution < -0.4 is 25.0 Å². The summed E-state index contributed by atoms with van der Waals surface area (Å²) in [6.45, 7) is 0.149. The van der Waals surface area contributed by atoms with E-state index in [1.54, 1.807) is 30.3 Å². The van der Waals surface area contributed by atoms with Crippen molar-refractivity contribution in [2.75, 3.05) is 18.7 Å². The molecule has 0 saturated heterocycles. The van der Waals surface area contributed by atoms with Gasteiger partial charge in [-0.3, -0.25) is 25.0 Å². The number of carbonyl (C=O) groups is 1. The highest BCUT2D eigenvalue weighted by atomic mass is 16.7. The lowest BCUT2D eigenvalue weighted by Gasteiger charge is -2.07. The number of nitrogens with zero attached hydrogens (tertiary/aromatic N) is 3. The highest BCUT2D eigenvalue weighted by Gasteiger charge is 2.21. The van der Waals surface area contributed by atoms with Gasteiger partial charge in [-0.25, -0.2) is 5.43 Å². The third-order valence-corrected chi connectivity index (χ3v) is 4.69. The topological polar surface area (TPSA) is 167 Å². The normalized spacial score (nSPS) is 11.8. The molecule has 0 bridgehead atoms. The molecule has 1 heterocycles. The number of benzene rings is 3. The van der Waals surface area contributed by atoms with Gasteiger partial charge in [0, 0.05) is 17.8 Å². The van der Waals surface area contributed by atoms with Gasteiger partial charge in [0.2, 0.25) is 12.5 Å². The Morgan fingerprint density at radius 2 is 1.77 bits per heavy atom. The second kappa shape index (κ2) is 10.2. The first-order chi connectivity index (χ1) is 16.9. The van der Waals surface area contributed by atoms with Crippen LogP contribution in [0.15, 0.2) is 65.8 Å². The van der Waals surface area contributed by atoms with Crippen LogP contribution in [-0.4, -0.2) is 35.3 Å². The van der Waals surface area contributed by atoms with Gasteiger partial charge < -0.3 is 19.5 Å². The molecule has 0 atom stereocenters. The Hall–Kier alpha value is -5.20. The van der Waals surface area contributed by atoms with Gasteiger partial charge in [-0.2, -0.15) is 5.10 Å². The Bertz CT molecular complexity index is 1310. The number of fused-ring (bicyclic) bond motifs is 1. The summed E-state index contributed by atoms with van der Waals surface area (Å²) in [4.78, 5) is 32.6. The quantitative estimate of drug-likeness (QED) is 0.265. The third kappa shape index (κ3) is 5.78. The molecule has 0 fully saturated rings. The fourth-order valence-electron chi connectivity index (χ4n) is 3.00. The van der Waals surface area contributed by atoms with E-state index in [-0.39, 0.29) is 30.7 Å². The highest BCUT2D eigenvalue weighted by Crippen LogP contribution is 2.35. The molecule has 1 aliphatic rings. The lowest BCUT2D eigenvalue weighted by molar-refractivity contribution is -0.394. The molecular weight excluding hydrogens is 462 g/mol. The molecular formula is C22H17N5O8. The molecule has 0 aliphatic carbocycles. The monoisotopic (exact) mass is 479 g/mol. The lowest BCUT2D eigenvalue weighted by atomic mass is 10.2. The van der Waals surface area contributed by atoms with Gasteiger partial charge in [0.05, 0.1) is 28.7 Å². The Morgan fingerprint density at radius 1 is 1.00 bits per heavy atom. The molecule has 35 heavy (non-hydrogen) atoms. The number of nitrogens with one attached hydrogen (secondary N) is 2. The second-order valence-corrected chi connectivity index (χ2v) is 7.05. The standard InChI is InChI=1S/C22H17N5O8/c28-22(12-23-15-3-7-20-21(9-15)34-13-33-20)25-24-11-14-1-5-17(6-2-14)35-19-8-4-16(26(29)30)10-18(19)27(31)32/h1-11,23H,12-13H2,(H,25,28). The molecule has 0 radical (unpaired) electrons. The number of carbonyl (C=O) groups excluding carboxylic acids is 1. The van der Waals surface area contributed by atoms with Crippen LogP contribution in [0.3, 0.4) is 0 Å². The van der Waals surface area contributed by atoms with E-state index in [0.29, 0.717) is 22.7 Å². The van der Waals surface area contributed by atoms with Crippen LogP contribution in [0.1, 0.15) is 5.56 Å². The fourth-order valence-corrected chi connectivity index (χ4v) is 3.00. The molecule has 13 nitrogen and oxygen atoms in total. The van der Waals surface area contributed by atoms with Gasteiger partial charge in [-0.05, 0) is 48.0 Å². The van der Waals surface area contributed by atoms with Crippen molar-refractivity contribution in [3.05, 3.63) is 86.5 Å². The summed E-state index contributed by atoms with van der Waals surface area (Å²) >= 11 is 0. The molecule has 0 saturated carbocycles. The van der Waals surface area contributed by atoms with Crippen LogP contribution in [0.25, 0.3) is 0 Å². The van der Waals surface area contributed by atoms with E-state index >= 15 is 0 Å². The fraction of sp³-hybridized carbons (Fsp3) is 0.0909. The molecule has 1 aliphatic heterocycles. The number of amides is 1. The maximum atomic E-state index is 12.0. The smallest absolute Gasteiger partial charge is 0.318 e. The van der Waals surface area contributed by atoms with Crippen LogP contribution in [0.4, 0.5) is 17.1 Å². The zero-order valence-corrected chi connectivity index (χ0v) is 17.9. The molecule has 13 heteroatoms. The largest absolute Gasteiger partial charge is 0.454 e. The summed E-state index contributed by atoms with van der Waals surface area (Å²) in [5, 5.41) is 28.9. The molecule has 0 spiro atoms. The van der Waals surface area contributed by atoms with Crippen molar-refractivity contribution in [2.24, 2.45) is 5.10 Å². The van der Waals surface area contributed by atoms with Crippen molar-refractivity contribution in [2.45, 2.75) is 0 Å². The van der Waals surface area contributed by atoms with Gasteiger partial charge in [0.1, 0.15) is 5.75 Å². The maximum Gasteiger partial charge on any atom is 0.318 e. The minimum atomic E-state index is -0.757. The minimum absolute atomic E-state index is 0.0161. The first kappa shape index (κ1) is 23.0. The van der Waals surface area contributed by atoms with Crippen LogP contribution in [-0.2, 0) is 4.79 Å². The first-order valence-electron chi connectivity index (χ1n) is 10.1. The molecule has 3 aromatic carbocycles. The number of hydrazone groups is 1. The molecule has 0 aromatic heterocycles. The van der Waals surface area contributed by atoms with Gasteiger partial charge in [0.25, 0.3) is 11.6 Å². The number of non-ortho nitro benzene ring substituents is 1. The average Bonchev–Trinajstić information content (AvgIpc) is 3.32. The van der Waals surface area contributed by atoms with Crippen LogP contribution >= 0.6 is 0 Å². The predicted molar refractivity (Wildman–Crippen MR) is 123 cm³/mol. The molecule has 2 N–H and O–H groups in total. The first-order valence-corrected chi connectivity index (χ1v) is 10.1. The van der Waals surface area contributed by atoms with Gasteiger partial charge in [-0.15, -0.1) is 0 Å². The second-order valence-electron chi connectivity index (χ2n) is 7.05. The van der Waals surface area contributed by atoms with E-state index < -0.39 is 21.2 Å². The Labute approximate surface area is 197 Å². The Balaban J connectivity index is 1.29. The summed E-state index contributed by atoms with van der Waals surface area (Å²) in [6, 6.07) is 14.7. The van der Waals surface area contributed by atoms with Crippen molar-refractivity contribution in [3.8, 4) is 23.0 Å². The number of hydrogen-bond donors (Lipinski definition) is 2. The van der Waals surface area contributed by atoms with Crippen molar-refractivity contribution in [1.82, 2.24) is 5.43 Å². The Morgan fingerprint density at radius 3 is 2.51 bits per heavy atom. The predicted octanol–water partition coefficient (Wildman–Crippen LogP) is 3.59. The lowest BCUT2D eigenvalue weighted by Crippen LogP contribution is -2.25. The summed E-state index contributed by atoms with van der Waals surface area (Å²) < 4.78 is 16.0. The van der Waals surface area contributed by atoms with Gasteiger partial charge in [0.15, 0.2) is 11.5 Å². The molecule has 178 valence electrons. The van der Waals surface area contributed by atoms with Crippen molar-refractivity contribution < 1.29 is 28.9 Å². The van der Waals surface area contributed by atoms with Gasteiger partial charge in [-0.1, -0.05) is 0 Å². The van der Waals surface area contributed by atoms with E-state index in [0.717, 1.165) is 12.1 Å². The highest BCUT2D eigenvalue weighted by molar-refractivity contribution is 5.84. The van der Waals surface area contributed by atoms with E-state index in [9.17, 15) is 25.0 Å². The summed E-state index contributed by atoms with van der Waals surface area (Å²) in [5.74, 6) is 1.01. The number of nitro benzene ring substituents is 2. The SMILES string of the molecule is O=C(CNc1ccc2c(c1)OCO2)NN=Cc1ccc(Oc2ccc([N+](=O)[O-])cc2[N+](=O)[O-])cc1. The molecule has 3 aromatic rings. The molecule has 4 rings (SSSR count). The van der Waals surface area contributed by atoms with Crippen LogP contribution in [0, 0.1) is 20.2 Å². The average molecular weight is 479 g/mol. The number of hydrogen-bond acceptors (Lipinski definition) is 10. The third-order valence-electron chi connectivity index (χ3n) is 4.69. The van der Waals surface area contributed by atoms with Crippen molar-refractivity contribution in [3.63, 3.8) is 0 Å². The van der Waals surface area contributed by atoms with E-state index in [2.05, 4.69) is 15.8 Å².